The van der Waals surface area contributed by atoms with Gasteiger partial charge in [-0.25, -0.2) is 4.39 Å². The Morgan fingerprint density at radius 1 is 1.47 bits per heavy atom. The van der Waals surface area contributed by atoms with Gasteiger partial charge in [0.1, 0.15) is 0 Å². The van der Waals surface area contributed by atoms with E-state index in [2.05, 4.69) is 0 Å². The Kier molecular flexibility index (Phi) is 3.86. The Balaban J connectivity index is 2.97. The molecule has 0 aliphatic rings. The van der Waals surface area contributed by atoms with Crippen LogP contribution in [-0.4, -0.2) is 7.11 Å². The van der Waals surface area contributed by atoms with Crippen molar-refractivity contribution < 1.29 is 9.13 Å². The summed E-state index contributed by atoms with van der Waals surface area (Å²) in [6, 6.07) is 4.49. The van der Waals surface area contributed by atoms with Crippen molar-refractivity contribution in [1.29, 1.82) is 0 Å². The van der Waals surface area contributed by atoms with Gasteiger partial charge in [-0.15, -0.1) is 0 Å². The van der Waals surface area contributed by atoms with E-state index in [1.54, 1.807) is 12.1 Å². The van der Waals surface area contributed by atoms with Crippen molar-refractivity contribution in [2.24, 2.45) is 5.73 Å². The zero-order valence-electron chi connectivity index (χ0n) is 9.25. The van der Waals surface area contributed by atoms with Gasteiger partial charge in [-0.2, -0.15) is 0 Å². The highest BCUT2D eigenvalue weighted by molar-refractivity contribution is 5.32. The van der Waals surface area contributed by atoms with Gasteiger partial charge < -0.3 is 10.5 Å². The number of nitrogens with two attached hydrogens (primary N) is 1. The van der Waals surface area contributed by atoms with Gasteiger partial charge in [0.2, 0.25) is 0 Å². The van der Waals surface area contributed by atoms with E-state index in [1.807, 2.05) is 19.9 Å². The first-order valence-electron chi connectivity index (χ1n) is 4.78. The van der Waals surface area contributed by atoms with E-state index in [0.717, 1.165) is 11.1 Å². The fourth-order valence-corrected chi connectivity index (χ4v) is 1.35. The maximum atomic E-state index is 13.3. The number of allylic oxidation sites excluding steroid dienone is 1. The second-order valence-electron chi connectivity index (χ2n) is 3.66. The van der Waals surface area contributed by atoms with Crippen LogP contribution in [0.15, 0.2) is 29.8 Å². The van der Waals surface area contributed by atoms with Gasteiger partial charge in [0.25, 0.3) is 0 Å². The molecule has 0 heterocycles. The summed E-state index contributed by atoms with van der Waals surface area (Å²) in [5.41, 5.74) is 7.73. The first-order chi connectivity index (χ1) is 7.04. The minimum atomic E-state index is -0.382. The summed E-state index contributed by atoms with van der Waals surface area (Å²) >= 11 is 0. The number of halogens is 1. The normalized spacial score (nSPS) is 12.1. The van der Waals surface area contributed by atoms with Crippen molar-refractivity contribution in [2.45, 2.75) is 19.9 Å². The summed E-state index contributed by atoms with van der Waals surface area (Å²) in [7, 11) is 1.44. The third-order valence-electron chi connectivity index (χ3n) is 2.07. The molecule has 0 aliphatic carbocycles. The van der Waals surface area contributed by atoms with Crippen LogP contribution in [-0.2, 0) is 0 Å². The zero-order valence-corrected chi connectivity index (χ0v) is 9.25. The fourth-order valence-electron chi connectivity index (χ4n) is 1.35. The van der Waals surface area contributed by atoms with Gasteiger partial charge in [-0.3, -0.25) is 0 Å². The van der Waals surface area contributed by atoms with E-state index in [4.69, 9.17) is 10.5 Å². The fraction of sp³-hybridized carbons (Fsp3) is 0.333. The van der Waals surface area contributed by atoms with Crippen LogP contribution >= 0.6 is 0 Å². The van der Waals surface area contributed by atoms with Crippen LogP contribution in [0.1, 0.15) is 25.5 Å². The molecular weight excluding hydrogens is 193 g/mol. The van der Waals surface area contributed by atoms with Crippen LogP contribution in [0.5, 0.6) is 5.75 Å². The molecule has 1 atom stereocenters. The van der Waals surface area contributed by atoms with Gasteiger partial charge in [0.15, 0.2) is 11.6 Å². The first-order valence-corrected chi connectivity index (χ1v) is 4.78. The lowest BCUT2D eigenvalue weighted by Crippen LogP contribution is -2.08. The van der Waals surface area contributed by atoms with Crippen molar-refractivity contribution >= 4 is 0 Å². The largest absolute Gasteiger partial charge is 0.494 e. The molecule has 0 saturated heterocycles. The molecule has 15 heavy (non-hydrogen) atoms. The van der Waals surface area contributed by atoms with Crippen LogP contribution in [0.2, 0.25) is 0 Å². The standard InChI is InChI=1S/C12H16FNO/c1-8(2)6-11(14)9-4-5-12(15-3)10(13)7-9/h4-7,11H,14H2,1-3H3. The summed E-state index contributed by atoms with van der Waals surface area (Å²) in [5.74, 6) is -0.143. The average molecular weight is 209 g/mol. The van der Waals surface area contributed by atoms with E-state index in [-0.39, 0.29) is 17.6 Å². The molecule has 3 heteroatoms. The summed E-state index contributed by atoms with van der Waals surface area (Å²) in [6.07, 6.45) is 1.89. The maximum Gasteiger partial charge on any atom is 0.165 e. The predicted molar refractivity (Wildman–Crippen MR) is 59.3 cm³/mol. The molecule has 0 saturated carbocycles. The Morgan fingerprint density at radius 3 is 2.60 bits per heavy atom. The number of hydrogen-bond donors (Lipinski definition) is 1. The van der Waals surface area contributed by atoms with Crippen molar-refractivity contribution in [3.8, 4) is 5.75 Å². The predicted octanol–water partition coefficient (Wildman–Crippen LogP) is 2.80. The number of ether oxygens (including phenoxy) is 1. The summed E-state index contributed by atoms with van der Waals surface area (Å²) < 4.78 is 18.2. The quantitative estimate of drug-likeness (QED) is 0.777. The van der Waals surface area contributed by atoms with Crippen LogP contribution in [0.3, 0.4) is 0 Å². The molecule has 0 aliphatic heterocycles. The molecule has 1 aromatic rings. The van der Waals surface area contributed by atoms with Crippen LogP contribution in [0.4, 0.5) is 4.39 Å². The molecule has 82 valence electrons. The summed E-state index contributed by atoms with van der Waals surface area (Å²) in [6.45, 7) is 3.92. The molecule has 0 amide bonds. The molecule has 0 radical (unpaired) electrons. The van der Waals surface area contributed by atoms with Crippen LogP contribution in [0.25, 0.3) is 0 Å². The van der Waals surface area contributed by atoms with Gasteiger partial charge >= 0.3 is 0 Å². The second kappa shape index (κ2) is 4.94. The first kappa shape index (κ1) is 11.7. The molecule has 0 aromatic heterocycles. The van der Waals surface area contributed by atoms with E-state index in [0.29, 0.717) is 0 Å². The number of hydrogen-bond acceptors (Lipinski definition) is 2. The third kappa shape index (κ3) is 3.06. The lowest BCUT2D eigenvalue weighted by molar-refractivity contribution is 0.386. The van der Waals surface area contributed by atoms with Gasteiger partial charge in [-0.1, -0.05) is 17.7 Å². The molecule has 1 rings (SSSR count). The highest BCUT2D eigenvalue weighted by atomic mass is 19.1. The smallest absolute Gasteiger partial charge is 0.165 e. The topological polar surface area (TPSA) is 35.2 Å². The second-order valence-corrected chi connectivity index (χ2v) is 3.66. The Hall–Kier alpha value is -1.35. The Bertz CT molecular complexity index is 370. The molecule has 1 unspecified atom stereocenters. The molecule has 2 N–H and O–H groups in total. The molecular formula is C12H16FNO. The molecule has 0 fully saturated rings. The lowest BCUT2D eigenvalue weighted by Gasteiger charge is -2.09. The monoisotopic (exact) mass is 209 g/mol. The molecule has 0 spiro atoms. The van der Waals surface area contributed by atoms with Crippen LogP contribution in [0, 0.1) is 5.82 Å². The third-order valence-corrected chi connectivity index (χ3v) is 2.07. The van der Waals surface area contributed by atoms with E-state index in [1.165, 1.54) is 13.2 Å². The minimum absolute atomic E-state index is 0.239. The van der Waals surface area contributed by atoms with Gasteiger partial charge in [0.05, 0.1) is 7.11 Å². The lowest BCUT2D eigenvalue weighted by atomic mass is 10.1. The van der Waals surface area contributed by atoms with Crippen molar-refractivity contribution in [3.63, 3.8) is 0 Å². The molecule has 0 bridgehead atoms. The van der Waals surface area contributed by atoms with Gasteiger partial charge in [-0.05, 0) is 31.5 Å². The minimum Gasteiger partial charge on any atom is -0.494 e. The van der Waals surface area contributed by atoms with E-state index in [9.17, 15) is 4.39 Å². The average Bonchev–Trinajstić information content (AvgIpc) is 2.16. The van der Waals surface area contributed by atoms with Crippen molar-refractivity contribution in [2.75, 3.05) is 7.11 Å². The van der Waals surface area contributed by atoms with Crippen molar-refractivity contribution in [1.82, 2.24) is 0 Å². The number of methoxy groups -OCH3 is 1. The molecule has 1 aromatic carbocycles. The van der Waals surface area contributed by atoms with Gasteiger partial charge in [0, 0.05) is 6.04 Å². The summed E-state index contributed by atoms with van der Waals surface area (Å²) in [4.78, 5) is 0. The Morgan fingerprint density at radius 2 is 2.13 bits per heavy atom. The number of benzene rings is 1. The summed E-state index contributed by atoms with van der Waals surface area (Å²) in [5, 5.41) is 0. The van der Waals surface area contributed by atoms with E-state index >= 15 is 0 Å². The van der Waals surface area contributed by atoms with E-state index < -0.39 is 0 Å². The SMILES string of the molecule is COc1ccc(C(N)C=C(C)C)cc1F. The zero-order chi connectivity index (χ0) is 11.4. The molecule has 2 nitrogen and oxygen atoms in total. The number of rotatable bonds is 3. The highest BCUT2D eigenvalue weighted by Crippen LogP contribution is 2.21. The van der Waals surface area contributed by atoms with Crippen LogP contribution < -0.4 is 10.5 Å². The Labute approximate surface area is 89.6 Å². The highest BCUT2D eigenvalue weighted by Gasteiger charge is 2.07. The van der Waals surface area contributed by atoms with Crippen molar-refractivity contribution in [3.05, 3.63) is 41.2 Å². The maximum absolute atomic E-state index is 13.3.